The third-order valence-corrected chi connectivity index (χ3v) is 2.18. The smallest absolute Gasteiger partial charge is 0.124 e. The third kappa shape index (κ3) is 3.02. The van der Waals surface area contributed by atoms with E-state index in [1.54, 1.807) is 6.07 Å². The Morgan fingerprint density at radius 1 is 1.57 bits per heavy atom. The van der Waals surface area contributed by atoms with Gasteiger partial charge in [0.1, 0.15) is 5.82 Å². The Hall–Kier alpha value is -1.04. The highest BCUT2D eigenvalue weighted by atomic mass is 35.5. The molecule has 1 nitrogen and oxygen atoms in total. The van der Waals surface area contributed by atoms with E-state index in [1.165, 1.54) is 12.1 Å². The van der Waals surface area contributed by atoms with Crippen molar-refractivity contribution in [1.29, 1.82) is 0 Å². The van der Waals surface area contributed by atoms with Gasteiger partial charge in [-0.3, -0.25) is 0 Å². The van der Waals surface area contributed by atoms with Crippen LogP contribution in [0.3, 0.4) is 0 Å². The van der Waals surface area contributed by atoms with Crippen molar-refractivity contribution in [1.82, 2.24) is 0 Å². The van der Waals surface area contributed by atoms with E-state index in [2.05, 4.69) is 5.92 Å². The van der Waals surface area contributed by atoms with Gasteiger partial charge in [0.2, 0.25) is 0 Å². The lowest BCUT2D eigenvalue weighted by molar-refractivity contribution is 0.181. The normalized spacial score (nSPS) is 12.1. The first-order chi connectivity index (χ1) is 6.63. The van der Waals surface area contributed by atoms with Crippen molar-refractivity contribution in [3.05, 3.63) is 34.6 Å². The monoisotopic (exact) mass is 212 g/mol. The van der Waals surface area contributed by atoms with Crippen LogP contribution in [0.2, 0.25) is 5.02 Å². The van der Waals surface area contributed by atoms with E-state index in [0.717, 1.165) is 0 Å². The standard InChI is InChI=1S/C11H10ClFO/c1-2-3-10(14)6-8-4-5-9(13)7-11(8)12/h1,4-5,7,10,14H,3,6H2. The maximum atomic E-state index is 12.7. The summed E-state index contributed by atoms with van der Waals surface area (Å²) in [4.78, 5) is 0. The zero-order valence-electron chi connectivity index (χ0n) is 7.50. The average molecular weight is 213 g/mol. The van der Waals surface area contributed by atoms with Gasteiger partial charge in [-0.25, -0.2) is 4.39 Å². The van der Waals surface area contributed by atoms with Gasteiger partial charge in [-0.05, 0) is 17.7 Å². The second kappa shape index (κ2) is 4.99. The Balaban J connectivity index is 2.73. The van der Waals surface area contributed by atoms with Crippen LogP contribution in [-0.4, -0.2) is 11.2 Å². The summed E-state index contributed by atoms with van der Waals surface area (Å²) in [6.07, 6.45) is 5.04. The average Bonchev–Trinajstić information content (AvgIpc) is 2.10. The minimum absolute atomic E-state index is 0.272. The molecular formula is C11H10ClFO. The number of benzene rings is 1. The molecule has 1 atom stereocenters. The van der Waals surface area contributed by atoms with Crippen molar-refractivity contribution in [2.75, 3.05) is 0 Å². The van der Waals surface area contributed by atoms with Crippen LogP contribution in [0.15, 0.2) is 18.2 Å². The fourth-order valence-electron chi connectivity index (χ4n) is 1.15. The quantitative estimate of drug-likeness (QED) is 0.763. The van der Waals surface area contributed by atoms with Gasteiger partial charge in [-0.15, -0.1) is 12.3 Å². The minimum atomic E-state index is -0.622. The molecule has 14 heavy (non-hydrogen) atoms. The van der Waals surface area contributed by atoms with E-state index in [1.807, 2.05) is 0 Å². The van der Waals surface area contributed by atoms with Gasteiger partial charge in [-0.2, -0.15) is 0 Å². The Morgan fingerprint density at radius 3 is 2.86 bits per heavy atom. The van der Waals surface area contributed by atoms with Gasteiger partial charge in [-0.1, -0.05) is 17.7 Å². The maximum Gasteiger partial charge on any atom is 0.124 e. The number of halogens is 2. The fraction of sp³-hybridized carbons (Fsp3) is 0.273. The molecule has 0 heterocycles. The summed E-state index contributed by atoms with van der Waals surface area (Å²) in [5, 5.41) is 9.72. The SMILES string of the molecule is C#CCC(O)Cc1ccc(F)cc1Cl. The summed E-state index contributed by atoms with van der Waals surface area (Å²) >= 11 is 5.77. The minimum Gasteiger partial charge on any atom is -0.392 e. The van der Waals surface area contributed by atoms with Crippen LogP contribution in [0.5, 0.6) is 0 Å². The zero-order valence-corrected chi connectivity index (χ0v) is 8.26. The molecule has 0 bridgehead atoms. The molecule has 1 N–H and O–H groups in total. The fourth-order valence-corrected chi connectivity index (χ4v) is 1.39. The number of terminal acetylenes is 1. The zero-order chi connectivity index (χ0) is 10.6. The highest BCUT2D eigenvalue weighted by Crippen LogP contribution is 2.19. The lowest BCUT2D eigenvalue weighted by atomic mass is 10.1. The van der Waals surface area contributed by atoms with E-state index < -0.39 is 6.10 Å². The van der Waals surface area contributed by atoms with E-state index in [-0.39, 0.29) is 12.2 Å². The molecule has 0 aliphatic carbocycles. The van der Waals surface area contributed by atoms with Crippen LogP contribution in [0, 0.1) is 18.2 Å². The van der Waals surface area contributed by atoms with Gasteiger partial charge < -0.3 is 5.11 Å². The predicted octanol–water partition coefficient (Wildman–Crippen LogP) is 2.41. The summed E-state index contributed by atoms with van der Waals surface area (Å²) in [5.74, 6) is 1.97. The molecule has 0 aliphatic heterocycles. The predicted molar refractivity (Wildman–Crippen MR) is 54.6 cm³/mol. The Labute approximate surface area is 87.5 Å². The topological polar surface area (TPSA) is 20.2 Å². The van der Waals surface area contributed by atoms with E-state index in [4.69, 9.17) is 18.0 Å². The number of aliphatic hydroxyl groups excluding tert-OH is 1. The summed E-state index contributed by atoms with van der Waals surface area (Å²) < 4.78 is 12.7. The van der Waals surface area contributed by atoms with Crippen LogP contribution in [0.1, 0.15) is 12.0 Å². The van der Waals surface area contributed by atoms with Gasteiger partial charge in [0, 0.05) is 17.9 Å². The molecule has 0 radical (unpaired) electrons. The van der Waals surface area contributed by atoms with Gasteiger partial charge in [0.05, 0.1) is 6.10 Å². The molecule has 1 unspecified atom stereocenters. The van der Waals surface area contributed by atoms with Crippen molar-refractivity contribution in [3.8, 4) is 12.3 Å². The summed E-state index contributed by atoms with van der Waals surface area (Å²) in [5.41, 5.74) is 0.704. The van der Waals surface area contributed by atoms with Crippen molar-refractivity contribution < 1.29 is 9.50 Å². The lowest BCUT2D eigenvalue weighted by Gasteiger charge is -2.08. The van der Waals surface area contributed by atoms with Crippen LogP contribution in [0.4, 0.5) is 4.39 Å². The molecule has 0 saturated heterocycles. The largest absolute Gasteiger partial charge is 0.392 e. The molecule has 1 aromatic carbocycles. The molecule has 0 saturated carbocycles. The third-order valence-electron chi connectivity index (χ3n) is 1.82. The second-order valence-corrected chi connectivity index (χ2v) is 3.41. The van der Waals surface area contributed by atoms with E-state index >= 15 is 0 Å². The number of rotatable bonds is 3. The van der Waals surface area contributed by atoms with Crippen molar-refractivity contribution >= 4 is 11.6 Å². The first-order valence-electron chi connectivity index (χ1n) is 4.19. The van der Waals surface area contributed by atoms with Crippen LogP contribution >= 0.6 is 11.6 Å². The highest BCUT2D eigenvalue weighted by Gasteiger charge is 2.07. The number of hydrogen-bond donors (Lipinski definition) is 1. The molecule has 0 amide bonds. The Morgan fingerprint density at radius 2 is 2.29 bits per heavy atom. The molecule has 3 heteroatoms. The molecule has 1 rings (SSSR count). The van der Waals surface area contributed by atoms with E-state index in [0.29, 0.717) is 17.0 Å². The molecule has 0 spiro atoms. The van der Waals surface area contributed by atoms with Crippen molar-refractivity contribution in [2.45, 2.75) is 18.9 Å². The molecular weight excluding hydrogens is 203 g/mol. The summed E-state index contributed by atoms with van der Waals surface area (Å²) in [6, 6.07) is 4.08. The Bertz CT molecular complexity index is 357. The number of aliphatic hydroxyl groups is 1. The number of hydrogen-bond acceptors (Lipinski definition) is 1. The van der Waals surface area contributed by atoms with Crippen molar-refractivity contribution in [3.63, 3.8) is 0 Å². The molecule has 0 aromatic heterocycles. The van der Waals surface area contributed by atoms with Crippen LogP contribution < -0.4 is 0 Å². The van der Waals surface area contributed by atoms with Crippen molar-refractivity contribution in [2.24, 2.45) is 0 Å². The van der Waals surface area contributed by atoms with E-state index in [9.17, 15) is 9.50 Å². The van der Waals surface area contributed by atoms with Crippen LogP contribution in [-0.2, 0) is 6.42 Å². The first kappa shape index (κ1) is 11.0. The highest BCUT2D eigenvalue weighted by molar-refractivity contribution is 6.31. The van der Waals surface area contributed by atoms with Gasteiger partial charge >= 0.3 is 0 Å². The summed E-state index contributed by atoms with van der Waals surface area (Å²) in [7, 11) is 0. The first-order valence-corrected chi connectivity index (χ1v) is 4.56. The lowest BCUT2D eigenvalue weighted by Crippen LogP contribution is -2.09. The van der Waals surface area contributed by atoms with Gasteiger partial charge in [0.25, 0.3) is 0 Å². The van der Waals surface area contributed by atoms with Gasteiger partial charge in [0.15, 0.2) is 0 Å². The molecule has 0 fully saturated rings. The van der Waals surface area contributed by atoms with Crippen LogP contribution in [0.25, 0.3) is 0 Å². The summed E-state index contributed by atoms with van der Waals surface area (Å²) in [6.45, 7) is 0. The molecule has 0 aliphatic rings. The second-order valence-electron chi connectivity index (χ2n) is 3.00. The molecule has 1 aromatic rings. The maximum absolute atomic E-state index is 12.7. The Kier molecular flexibility index (Phi) is 3.94. The molecule has 74 valence electrons.